The normalized spacial score (nSPS) is 11.2. The Bertz CT molecular complexity index is 273. The van der Waals surface area contributed by atoms with E-state index in [9.17, 15) is 8.78 Å². The molecule has 86 valence electrons. The lowest BCUT2D eigenvalue weighted by Crippen LogP contribution is -2.18. The van der Waals surface area contributed by atoms with Crippen LogP contribution in [0.2, 0.25) is 0 Å². The molecule has 0 amide bonds. The van der Waals surface area contributed by atoms with E-state index in [1.165, 1.54) is 12.6 Å². The van der Waals surface area contributed by atoms with Crippen LogP contribution in [0.4, 0.5) is 8.78 Å². The molecule has 0 spiro atoms. The summed E-state index contributed by atoms with van der Waals surface area (Å²) in [4.78, 5) is 0. The Balaban J connectivity index is 2.28. The first kappa shape index (κ1) is 12.1. The molecule has 1 N–H and O–H groups in total. The van der Waals surface area contributed by atoms with Gasteiger partial charge in [0.15, 0.2) is 0 Å². The largest absolute Gasteiger partial charge is 0.333 e. The molecule has 1 aromatic heterocycles. The van der Waals surface area contributed by atoms with Crippen molar-refractivity contribution >= 4 is 0 Å². The van der Waals surface area contributed by atoms with Gasteiger partial charge in [-0.1, -0.05) is 19.8 Å². The molecule has 1 heterocycles. The van der Waals surface area contributed by atoms with Gasteiger partial charge in [0.2, 0.25) is 0 Å². The van der Waals surface area contributed by atoms with Crippen LogP contribution in [-0.2, 0) is 6.54 Å². The lowest BCUT2D eigenvalue weighted by molar-refractivity contribution is 0.0531. The number of nitrogens with zero attached hydrogens (tertiary/aromatic N) is 2. The average Bonchev–Trinajstić information content (AvgIpc) is 2.66. The number of nitrogens with one attached hydrogen (secondary N) is 1. The molecule has 0 bridgehead atoms. The van der Waals surface area contributed by atoms with Gasteiger partial charge in [0.1, 0.15) is 0 Å². The third-order valence-electron chi connectivity index (χ3n) is 2.20. The van der Waals surface area contributed by atoms with Crippen molar-refractivity contribution in [2.45, 2.75) is 39.3 Å². The van der Waals surface area contributed by atoms with E-state index in [0.29, 0.717) is 12.2 Å². The number of aromatic nitrogens is 2. The Morgan fingerprint density at radius 2 is 2.27 bits per heavy atom. The second-order valence-electron chi connectivity index (χ2n) is 3.43. The van der Waals surface area contributed by atoms with Crippen molar-refractivity contribution in [3.8, 4) is 0 Å². The van der Waals surface area contributed by atoms with Crippen molar-refractivity contribution in [2.24, 2.45) is 0 Å². The van der Waals surface area contributed by atoms with Crippen LogP contribution >= 0.6 is 0 Å². The number of rotatable bonds is 7. The summed E-state index contributed by atoms with van der Waals surface area (Å²) >= 11 is 0. The number of hydrogen-bond acceptors (Lipinski definition) is 2. The first-order chi connectivity index (χ1) is 7.25. The van der Waals surface area contributed by atoms with Crippen molar-refractivity contribution < 1.29 is 8.78 Å². The van der Waals surface area contributed by atoms with Gasteiger partial charge in [-0.15, -0.1) is 0 Å². The molecule has 1 rings (SSSR count). The summed E-state index contributed by atoms with van der Waals surface area (Å²) in [6.45, 7) is 0.898. The minimum Gasteiger partial charge on any atom is -0.311 e. The summed E-state index contributed by atoms with van der Waals surface area (Å²) in [7, 11) is 0. The van der Waals surface area contributed by atoms with Gasteiger partial charge in [-0.3, -0.25) is 0 Å². The third-order valence-corrected chi connectivity index (χ3v) is 2.20. The molecule has 0 aliphatic rings. The summed E-state index contributed by atoms with van der Waals surface area (Å²) in [6.07, 6.45) is 4.81. The summed E-state index contributed by atoms with van der Waals surface area (Å²) in [5.41, 5.74) is 0.529. The van der Waals surface area contributed by atoms with E-state index in [4.69, 9.17) is 0 Å². The van der Waals surface area contributed by atoms with E-state index in [0.717, 1.165) is 24.1 Å². The molecule has 0 aliphatic carbocycles. The van der Waals surface area contributed by atoms with Crippen LogP contribution in [0, 0.1) is 0 Å². The summed E-state index contributed by atoms with van der Waals surface area (Å²) in [5.74, 6) is 0. The molecule has 1 aromatic rings. The second kappa shape index (κ2) is 6.50. The zero-order valence-corrected chi connectivity index (χ0v) is 8.92. The lowest BCUT2D eigenvalue weighted by Gasteiger charge is -2.07. The van der Waals surface area contributed by atoms with Crippen molar-refractivity contribution in [1.82, 2.24) is 15.1 Å². The Labute approximate surface area is 88.5 Å². The van der Waals surface area contributed by atoms with Gasteiger partial charge in [0.05, 0.1) is 5.69 Å². The van der Waals surface area contributed by atoms with Crippen LogP contribution in [0.25, 0.3) is 0 Å². The molecule has 15 heavy (non-hydrogen) atoms. The van der Waals surface area contributed by atoms with Crippen LogP contribution in [0.5, 0.6) is 0 Å². The minimum atomic E-state index is -2.55. The molecule has 0 fully saturated rings. The second-order valence-corrected chi connectivity index (χ2v) is 3.43. The van der Waals surface area contributed by atoms with E-state index >= 15 is 0 Å². The van der Waals surface area contributed by atoms with Gasteiger partial charge in [-0.25, -0.2) is 4.68 Å². The molecule has 0 unspecified atom stereocenters. The third kappa shape index (κ3) is 3.95. The van der Waals surface area contributed by atoms with Gasteiger partial charge in [0.25, 0.3) is 0 Å². The average molecular weight is 217 g/mol. The highest BCUT2D eigenvalue weighted by molar-refractivity contribution is 5.00. The maximum Gasteiger partial charge on any atom is 0.333 e. The van der Waals surface area contributed by atoms with E-state index in [2.05, 4.69) is 17.3 Å². The van der Waals surface area contributed by atoms with Crippen LogP contribution in [0.15, 0.2) is 12.3 Å². The van der Waals surface area contributed by atoms with Gasteiger partial charge in [-0.05, 0) is 19.0 Å². The quantitative estimate of drug-likeness (QED) is 0.711. The maximum atomic E-state index is 12.4. The minimum absolute atomic E-state index is 0.452. The molecule has 0 saturated carbocycles. The highest BCUT2D eigenvalue weighted by atomic mass is 19.3. The fraction of sp³-hybridized carbons (Fsp3) is 0.700. The molecule has 0 radical (unpaired) electrons. The first-order valence-corrected chi connectivity index (χ1v) is 5.27. The van der Waals surface area contributed by atoms with Crippen LogP contribution in [0.1, 0.15) is 38.4 Å². The molecular weight excluding hydrogens is 200 g/mol. The summed E-state index contributed by atoms with van der Waals surface area (Å²) < 4.78 is 25.5. The predicted molar refractivity (Wildman–Crippen MR) is 54.7 cm³/mol. The monoisotopic (exact) mass is 217 g/mol. The number of halogens is 2. The molecule has 0 saturated heterocycles. The van der Waals surface area contributed by atoms with Crippen LogP contribution in [0.3, 0.4) is 0 Å². The fourth-order valence-corrected chi connectivity index (χ4v) is 1.37. The van der Waals surface area contributed by atoms with E-state index in [-0.39, 0.29) is 0 Å². The molecule has 3 nitrogen and oxygen atoms in total. The number of alkyl halides is 2. The first-order valence-electron chi connectivity index (χ1n) is 5.27. The lowest BCUT2D eigenvalue weighted by atomic mass is 10.2. The van der Waals surface area contributed by atoms with E-state index in [1.54, 1.807) is 6.07 Å². The van der Waals surface area contributed by atoms with Gasteiger partial charge in [0, 0.05) is 12.7 Å². The summed E-state index contributed by atoms with van der Waals surface area (Å²) in [6, 6.07) is 1.61. The van der Waals surface area contributed by atoms with Crippen LogP contribution in [-0.4, -0.2) is 16.3 Å². The van der Waals surface area contributed by atoms with Gasteiger partial charge < -0.3 is 5.32 Å². The SMILES string of the molecule is CCCCCNCc1ccnn1C(F)F. The topological polar surface area (TPSA) is 29.9 Å². The molecular formula is C10H17F2N3. The van der Waals surface area contributed by atoms with Crippen molar-refractivity contribution in [1.29, 1.82) is 0 Å². The predicted octanol–water partition coefficient (Wildman–Crippen LogP) is 2.56. The van der Waals surface area contributed by atoms with Crippen molar-refractivity contribution in [3.05, 3.63) is 18.0 Å². The molecule has 5 heteroatoms. The Morgan fingerprint density at radius 3 is 2.93 bits per heavy atom. The van der Waals surface area contributed by atoms with E-state index < -0.39 is 6.55 Å². The summed E-state index contributed by atoms with van der Waals surface area (Å²) in [5, 5.41) is 6.68. The smallest absolute Gasteiger partial charge is 0.311 e. The standard InChI is InChI=1S/C10H17F2N3/c1-2-3-4-6-13-8-9-5-7-14-15(9)10(11)12/h5,7,10,13H,2-4,6,8H2,1H3. The fourth-order valence-electron chi connectivity index (χ4n) is 1.37. The highest BCUT2D eigenvalue weighted by Gasteiger charge is 2.10. The van der Waals surface area contributed by atoms with Gasteiger partial charge in [-0.2, -0.15) is 13.9 Å². The zero-order valence-electron chi connectivity index (χ0n) is 8.92. The molecule has 0 aromatic carbocycles. The van der Waals surface area contributed by atoms with Gasteiger partial charge >= 0.3 is 6.55 Å². The number of unbranched alkanes of at least 4 members (excludes halogenated alkanes) is 2. The van der Waals surface area contributed by atoms with E-state index in [1.807, 2.05) is 0 Å². The number of hydrogen-bond donors (Lipinski definition) is 1. The van der Waals surface area contributed by atoms with Crippen molar-refractivity contribution in [2.75, 3.05) is 6.54 Å². The van der Waals surface area contributed by atoms with Crippen molar-refractivity contribution in [3.63, 3.8) is 0 Å². The zero-order chi connectivity index (χ0) is 11.1. The highest BCUT2D eigenvalue weighted by Crippen LogP contribution is 2.11. The Kier molecular flexibility index (Phi) is 5.25. The molecule has 0 aliphatic heterocycles. The Morgan fingerprint density at radius 1 is 1.47 bits per heavy atom. The molecule has 0 atom stereocenters. The maximum absolute atomic E-state index is 12.4. The Hall–Kier alpha value is -0.970. The van der Waals surface area contributed by atoms with Crippen LogP contribution < -0.4 is 5.32 Å².